The topological polar surface area (TPSA) is 93.5 Å². The predicted molar refractivity (Wildman–Crippen MR) is 68.2 cm³/mol. The van der Waals surface area contributed by atoms with Gasteiger partial charge in [-0.3, -0.25) is 9.48 Å². The van der Waals surface area contributed by atoms with E-state index in [4.69, 9.17) is 0 Å². The van der Waals surface area contributed by atoms with Gasteiger partial charge >= 0.3 is 5.97 Å². The Hall–Kier alpha value is -1.45. The zero-order valence-electron chi connectivity index (χ0n) is 11.2. The highest BCUT2D eigenvalue weighted by atomic mass is 32.2. The van der Waals surface area contributed by atoms with Crippen molar-refractivity contribution in [3.05, 3.63) is 18.0 Å². The minimum atomic E-state index is -3.62. The van der Waals surface area contributed by atoms with Crippen molar-refractivity contribution in [2.75, 3.05) is 20.7 Å². The summed E-state index contributed by atoms with van der Waals surface area (Å²) in [5.74, 6) is -0.450. The van der Waals surface area contributed by atoms with Crippen molar-refractivity contribution in [1.82, 2.24) is 18.8 Å². The molecule has 0 bridgehead atoms. The van der Waals surface area contributed by atoms with Gasteiger partial charge in [-0.05, 0) is 6.07 Å². The number of ether oxygens (including phenoxy) is 1. The second-order valence-electron chi connectivity index (χ2n) is 3.92. The number of hydrogen-bond donors (Lipinski definition) is 1. The first kappa shape index (κ1) is 15.6. The van der Waals surface area contributed by atoms with Gasteiger partial charge in [-0.25, -0.2) is 0 Å². The van der Waals surface area contributed by atoms with Crippen LogP contribution in [-0.4, -0.2) is 49.2 Å². The fraction of sp³-hybridized carbons (Fsp3) is 0.600. The molecule has 1 rings (SSSR count). The maximum Gasteiger partial charge on any atom is 0.306 e. The van der Waals surface area contributed by atoms with Gasteiger partial charge < -0.3 is 4.74 Å². The SMILES string of the molecule is COC(=O)CCN(C)S(=O)(=O)NCc1ccnn1C. The number of esters is 1. The minimum absolute atomic E-state index is 0.0135. The van der Waals surface area contributed by atoms with Gasteiger partial charge in [0.05, 0.1) is 25.8 Å². The molecule has 0 saturated carbocycles. The van der Waals surface area contributed by atoms with Crippen LogP contribution in [0.4, 0.5) is 0 Å². The number of carbonyl (C=O) groups is 1. The summed E-state index contributed by atoms with van der Waals surface area (Å²) < 4.78 is 33.3. The molecule has 0 aromatic carbocycles. The molecule has 9 heteroatoms. The van der Waals surface area contributed by atoms with E-state index in [2.05, 4.69) is 14.6 Å². The number of carbonyl (C=O) groups excluding carboxylic acids is 1. The van der Waals surface area contributed by atoms with E-state index in [0.717, 1.165) is 10.00 Å². The third-order valence-corrected chi connectivity index (χ3v) is 4.14. The zero-order valence-corrected chi connectivity index (χ0v) is 12.0. The highest BCUT2D eigenvalue weighted by Gasteiger charge is 2.18. The van der Waals surface area contributed by atoms with Gasteiger partial charge in [-0.2, -0.15) is 22.5 Å². The number of nitrogens with zero attached hydrogens (tertiary/aromatic N) is 3. The molecule has 1 aromatic heterocycles. The highest BCUT2D eigenvalue weighted by molar-refractivity contribution is 7.87. The summed E-state index contributed by atoms with van der Waals surface area (Å²) in [6.07, 6.45) is 1.60. The maximum absolute atomic E-state index is 11.9. The molecule has 19 heavy (non-hydrogen) atoms. The predicted octanol–water partition coefficient (Wildman–Crippen LogP) is -0.751. The highest BCUT2D eigenvalue weighted by Crippen LogP contribution is 2.01. The first-order valence-electron chi connectivity index (χ1n) is 5.61. The molecule has 8 nitrogen and oxygen atoms in total. The minimum Gasteiger partial charge on any atom is -0.469 e. The lowest BCUT2D eigenvalue weighted by Crippen LogP contribution is -2.39. The molecule has 0 atom stereocenters. The maximum atomic E-state index is 11.9. The molecule has 108 valence electrons. The van der Waals surface area contributed by atoms with E-state index >= 15 is 0 Å². The Kier molecular flexibility index (Phi) is 5.45. The van der Waals surface area contributed by atoms with E-state index in [0.29, 0.717) is 0 Å². The zero-order chi connectivity index (χ0) is 14.5. The lowest BCUT2D eigenvalue weighted by molar-refractivity contribution is -0.140. The fourth-order valence-electron chi connectivity index (χ4n) is 1.32. The van der Waals surface area contributed by atoms with Crippen LogP contribution < -0.4 is 4.72 Å². The van der Waals surface area contributed by atoms with Crippen LogP contribution in [0.3, 0.4) is 0 Å². The third-order valence-electron chi connectivity index (χ3n) is 2.63. The molecule has 0 fully saturated rings. The summed E-state index contributed by atoms with van der Waals surface area (Å²) >= 11 is 0. The Morgan fingerprint density at radius 1 is 1.58 bits per heavy atom. The van der Waals surface area contributed by atoms with Gasteiger partial charge in [0.2, 0.25) is 0 Å². The van der Waals surface area contributed by atoms with E-state index < -0.39 is 16.2 Å². The van der Waals surface area contributed by atoms with Crippen LogP contribution in [0.1, 0.15) is 12.1 Å². The molecule has 0 aliphatic rings. The van der Waals surface area contributed by atoms with Crippen LogP contribution in [0.2, 0.25) is 0 Å². The van der Waals surface area contributed by atoms with E-state index in [1.54, 1.807) is 24.0 Å². The Balaban J connectivity index is 2.51. The second kappa shape index (κ2) is 6.64. The average molecular weight is 290 g/mol. The molecule has 0 aliphatic carbocycles. The third kappa shape index (κ3) is 4.62. The fourth-order valence-corrected chi connectivity index (χ4v) is 2.20. The van der Waals surface area contributed by atoms with Crippen molar-refractivity contribution in [3.8, 4) is 0 Å². The molecule has 0 radical (unpaired) electrons. The Morgan fingerprint density at radius 3 is 2.79 bits per heavy atom. The van der Waals surface area contributed by atoms with Gasteiger partial charge in [-0.15, -0.1) is 0 Å². The molecule has 0 spiro atoms. The molecular formula is C10H18N4O4S. The molecule has 0 unspecified atom stereocenters. The number of hydrogen-bond acceptors (Lipinski definition) is 5. The molecule has 1 heterocycles. The molecule has 1 aromatic rings. The van der Waals surface area contributed by atoms with Gasteiger partial charge in [0, 0.05) is 26.8 Å². The van der Waals surface area contributed by atoms with E-state index in [1.807, 2.05) is 0 Å². The normalized spacial score (nSPS) is 11.8. The monoisotopic (exact) mass is 290 g/mol. The Morgan fingerprint density at radius 2 is 2.26 bits per heavy atom. The number of nitrogens with one attached hydrogen (secondary N) is 1. The van der Waals surface area contributed by atoms with Crippen LogP contribution in [0.5, 0.6) is 0 Å². The van der Waals surface area contributed by atoms with Crippen LogP contribution in [-0.2, 0) is 33.3 Å². The first-order chi connectivity index (χ1) is 8.86. The molecule has 0 amide bonds. The summed E-state index contributed by atoms with van der Waals surface area (Å²) in [5, 5.41) is 3.94. The summed E-state index contributed by atoms with van der Waals surface area (Å²) in [6.45, 7) is 0.203. The summed E-state index contributed by atoms with van der Waals surface area (Å²) in [5.41, 5.74) is 0.741. The number of rotatable bonds is 7. The average Bonchev–Trinajstić information content (AvgIpc) is 2.78. The lowest BCUT2D eigenvalue weighted by atomic mass is 10.4. The lowest BCUT2D eigenvalue weighted by Gasteiger charge is -2.17. The van der Waals surface area contributed by atoms with Crippen LogP contribution in [0, 0.1) is 0 Å². The quantitative estimate of drug-likeness (QED) is 0.667. The van der Waals surface area contributed by atoms with Crippen molar-refractivity contribution in [3.63, 3.8) is 0 Å². The summed E-state index contributed by atoms with van der Waals surface area (Å²) in [4.78, 5) is 11.0. The number of aromatic nitrogens is 2. The van der Waals surface area contributed by atoms with Gasteiger partial charge in [0.25, 0.3) is 10.2 Å². The largest absolute Gasteiger partial charge is 0.469 e. The molecule has 0 aliphatic heterocycles. The van der Waals surface area contributed by atoms with Crippen LogP contribution in [0.25, 0.3) is 0 Å². The number of aryl methyl sites for hydroxylation is 1. The standard InChI is InChI=1S/C10H18N4O4S/c1-13(7-5-10(15)18-3)19(16,17)12-8-9-4-6-11-14(9)2/h4,6,12H,5,7-8H2,1-3H3. The Labute approximate surface area is 112 Å². The Bertz CT molecular complexity index is 525. The summed E-state index contributed by atoms with van der Waals surface area (Å²) in [7, 11) is 0.763. The van der Waals surface area contributed by atoms with Gasteiger partial charge in [-0.1, -0.05) is 0 Å². The van der Waals surface area contributed by atoms with Crippen LogP contribution >= 0.6 is 0 Å². The van der Waals surface area contributed by atoms with Crippen molar-refractivity contribution >= 4 is 16.2 Å². The first-order valence-corrected chi connectivity index (χ1v) is 7.05. The molecular weight excluding hydrogens is 272 g/mol. The summed E-state index contributed by atoms with van der Waals surface area (Å²) in [6, 6.07) is 1.72. The second-order valence-corrected chi connectivity index (χ2v) is 5.78. The van der Waals surface area contributed by atoms with E-state index in [-0.39, 0.29) is 19.5 Å². The van der Waals surface area contributed by atoms with E-state index in [9.17, 15) is 13.2 Å². The van der Waals surface area contributed by atoms with Gasteiger partial charge in [0.1, 0.15) is 0 Å². The van der Waals surface area contributed by atoms with Crippen molar-refractivity contribution in [1.29, 1.82) is 0 Å². The van der Waals surface area contributed by atoms with Gasteiger partial charge in [0.15, 0.2) is 0 Å². The van der Waals surface area contributed by atoms with Crippen molar-refractivity contribution in [2.45, 2.75) is 13.0 Å². The number of methoxy groups -OCH3 is 1. The van der Waals surface area contributed by atoms with E-state index in [1.165, 1.54) is 14.2 Å². The molecule has 1 N–H and O–H groups in total. The van der Waals surface area contributed by atoms with Crippen LogP contribution in [0.15, 0.2) is 12.3 Å². The van der Waals surface area contributed by atoms with Crippen molar-refractivity contribution in [2.24, 2.45) is 7.05 Å². The smallest absolute Gasteiger partial charge is 0.306 e. The molecule has 0 saturated heterocycles. The van der Waals surface area contributed by atoms with Crippen molar-refractivity contribution < 1.29 is 17.9 Å².